The molecule has 2 aromatic rings. The Kier molecular flexibility index (Phi) is 3.62. The molecule has 0 N–H and O–H groups in total. The summed E-state index contributed by atoms with van der Waals surface area (Å²) in [6, 6.07) is 8.87. The van der Waals surface area contributed by atoms with Crippen LogP contribution in [0.25, 0.3) is 10.9 Å². The molecule has 0 atom stereocenters. The summed E-state index contributed by atoms with van der Waals surface area (Å²) < 4.78 is 6.43. The van der Waals surface area contributed by atoms with Gasteiger partial charge in [-0.3, -0.25) is 4.79 Å². The van der Waals surface area contributed by atoms with Gasteiger partial charge in [0.1, 0.15) is 12.1 Å². The summed E-state index contributed by atoms with van der Waals surface area (Å²) in [4.78, 5) is 24.0. The van der Waals surface area contributed by atoms with Crippen molar-refractivity contribution in [2.45, 2.75) is 13.5 Å². The van der Waals surface area contributed by atoms with Crippen molar-refractivity contribution in [2.75, 3.05) is 6.61 Å². The van der Waals surface area contributed by atoms with Gasteiger partial charge in [0.25, 0.3) is 0 Å². The number of carbonyl (C=O) groups excluding carboxylic acids is 1. The molecule has 5 nitrogen and oxygen atoms in total. The van der Waals surface area contributed by atoms with Crippen LogP contribution in [0, 0.1) is 11.3 Å². The molecule has 0 spiro atoms. The average Bonchev–Trinajstić information content (AvgIpc) is 2.42. The zero-order chi connectivity index (χ0) is 13.8. The number of aromatic nitrogens is 1. The van der Waals surface area contributed by atoms with E-state index in [2.05, 4.69) is 0 Å². The van der Waals surface area contributed by atoms with Crippen molar-refractivity contribution >= 4 is 16.9 Å². The fraction of sp³-hybridized carbons (Fsp3) is 0.214. The van der Waals surface area contributed by atoms with Crippen LogP contribution in [0.5, 0.6) is 0 Å². The molecular weight excluding hydrogens is 244 g/mol. The predicted octanol–water partition coefficient (Wildman–Crippen LogP) is 1.70. The number of esters is 1. The number of nitrogens with zero attached hydrogens (tertiary/aromatic N) is 2. The molecule has 1 heterocycles. The van der Waals surface area contributed by atoms with Crippen LogP contribution in [0.15, 0.2) is 35.3 Å². The maximum absolute atomic E-state index is 12.2. The first-order valence-corrected chi connectivity index (χ1v) is 5.85. The van der Waals surface area contributed by atoms with Crippen LogP contribution >= 0.6 is 0 Å². The summed E-state index contributed by atoms with van der Waals surface area (Å²) >= 11 is 0. The lowest BCUT2D eigenvalue weighted by atomic mass is 10.1. The average molecular weight is 256 g/mol. The molecule has 0 unspecified atom stereocenters. The van der Waals surface area contributed by atoms with E-state index in [0.29, 0.717) is 10.9 Å². The summed E-state index contributed by atoms with van der Waals surface area (Å²) in [5, 5.41) is 9.22. The van der Waals surface area contributed by atoms with Crippen molar-refractivity contribution in [2.24, 2.45) is 0 Å². The highest BCUT2D eigenvalue weighted by Crippen LogP contribution is 2.12. The maximum atomic E-state index is 12.2. The molecule has 0 aliphatic carbocycles. The summed E-state index contributed by atoms with van der Waals surface area (Å²) in [6.45, 7) is 1.93. The van der Waals surface area contributed by atoms with Gasteiger partial charge in [0, 0.05) is 11.6 Å². The number of pyridine rings is 1. The number of para-hydroxylation sites is 1. The molecule has 5 heteroatoms. The van der Waals surface area contributed by atoms with Crippen LogP contribution in [0.2, 0.25) is 0 Å². The molecule has 0 aliphatic heterocycles. The van der Waals surface area contributed by atoms with Crippen molar-refractivity contribution in [3.05, 3.63) is 46.2 Å². The number of benzene rings is 1. The van der Waals surface area contributed by atoms with Crippen molar-refractivity contribution < 1.29 is 9.53 Å². The molecule has 2 rings (SSSR count). The Morgan fingerprint density at radius 2 is 2.16 bits per heavy atom. The molecular formula is C14H12N2O3. The van der Waals surface area contributed by atoms with Crippen molar-refractivity contribution in [1.82, 2.24) is 4.57 Å². The third-order valence-corrected chi connectivity index (χ3v) is 2.72. The minimum atomic E-state index is -0.662. The van der Waals surface area contributed by atoms with E-state index in [-0.39, 0.29) is 24.1 Å². The quantitative estimate of drug-likeness (QED) is 0.783. The van der Waals surface area contributed by atoms with E-state index in [0.717, 1.165) is 0 Å². The van der Waals surface area contributed by atoms with Gasteiger partial charge in [0.05, 0.1) is 18.2 Å². The highest BCUT2D eigenvalue weighted by atomic mass is 16.5. The normalized spacial score (nSPS) is 10.1. The minimum absolute atomic E-state index is 0.0456. The Hall–Kier alpha value is -2.61. The monoisotopic (exact) mass is 256 g/mol. The lowest BCUT2D eigenvalue weighted by Crippen LogP contribution is -2.20. The van der Waals surface area contributed by atoms with Crippen LogP contribution in [-0.4, -0.2) is 17.1 Å². The third-order valence-electron chi connectivity index (χ3n) is 2.72. The number of rotatable bonds is 3. The summed E-state index contributed by atoms with van der Waals surface area (Å²) in [6.07, 6.45) is 1.38. The van der Waals surface area contributed by atoms with Gasteiger partial charge in [-0.25, -0.2) is 4.79 Å². The zero-order valence-electron chi connectivity index (χ0n) is 10.4. The Labute approximate surface area is 109 Å². The standard InChI is InChI=1S/C14H12N2O3/c1-2-19-14(18)11-9-16(8-7-15)12-6-4-3-5-10(12)13(11)17/h3-6,9H,2,8H2,1H3. The highest BCUT2D eigenvalue weighted by Gasteiger charge is 2.15. The van der Waals surface area contributed by atoms with Gasteiger partial charge >= 0.3 is 5.97 Å². The topological polar surface area (TPSA) is 72.1 Å². The van der Waals surface area contributed by atoms with Gasteiger partial charge < -0.3 is 9.30 Å². The van der Waals surface area contributed by atoms with Crippen LogP contribution in [0.4, 0.5) is 0 Å². The number of hydrogen-bond acceptors (Lipinski definition) is 4. The molecule has 19 heavy (non-hydrogen) atoms. The number of fused-ring (bicyclic) bond motifs is 1. The zero-order valence-corrected chi connectivity index (χ0v) is 10.4. The lowest BCUT2D eigenvalue weighted by Gasteiger charge is -2.09. The van der Waals surface area contributed by atoms with Gasteiger partial charge in [-0.05, 0) is 19.1 Å². The van der Waals surface area contributed by atoms with Gasteiger partial charge in [-0.15, -0.1) is 0 Å². The van der Waals surface area contributed by atoms with Crippen LogP contribution < -0.4 is 5.43 Å². The number of hydrogen-bond donors (Lipinski definition) is 0. The summed E-state index contributed by atoms with van der Waals surface area (Å²) in [5.41, 5.74) is 0.209. The maximum Gasteiger partial charge on any atom is 0.343 e. The van der Waals surface area contributed by atoms with Crippen LogP contribution in [-0.2, 0) is 11.3 Å². The SMILES string of the molecule is CCOC(=O)c1cn(CC#N)c2ccccc2c1=O. The first-order chi connectivity index (χ1) is 9.19. The Morgan fingerprint density at radius 3 is 2.84 bits per heavy atom. The molecule has 0 saturated carbocycles. The van der Waals surface area contributed by atoms with Crippen molar-refractivity contribution in [3.8, 4) is 6.07 Å². The van der Waals surface area contributed by atoms with Crippen molar-refractivity contribution in [1.29, 1.82) is 5.26 Å². The van der Waals surface area contributed by atoms with E-state index < -0.39 is 5.97 Å². The van der Waals surface area contributed by atoms with Gasteiger partial charge in [0.2, 0.25) is 5.43 Å². The number of ether oxygens (including phenoxy) is 1. The van der Waals surface area contributed by atoms with Crippen LogP contribution in [0.3, 0.4) is 0 Å². The second-order valence-electron chi connectivity index (χ2n) is 3.90. The summed E-state index contributed by atoms with van der Waals surface area (Å²) in [7, 11) is 0. The largest absolute Gasteiger partial charge is 0.462 e. The van der Waals surface area contributed by atoms with Gasteiger partial charge in [-0.1, -0.05) is 12.1 Å². The minimum Gasteiger partial charge on any atom is -0.462 e. The van der Waals surface area contributed by atoms with E-state index >= 15 is 0 Å². The molecule has 0 amide bonds. The molecule has 0 radical (unpaired) electrons. The Bertz CT molecular complexity index is 726. The summed E-state index contributed by atoms with van der Waals surface area (Å²) in [5.74, 6) is -0.662. The van der Waals surface area contributed by atoms with Gasteiger partial charge in [-0.2, -0.15) is 5.26 Å². The van der Waals surface area contributed by atoms with E-state index in [1.165, 1.54) is 6.20 Å². The first kappa shape index (κ1) is 12.8. The second-order valence-corrected chi connectivity index (χ2v) is 3.90. The fourth-order valence-electron chi connectivity index (χ4n) is 1.91. The molecule has 1 aromatic carbocycles. The fourth-order valence-corrected chi connectivity index (χ4v) is 1.91. The Morgan fingerprint density at radius 1 is 1.42 bits per heavy atom. The Balaban J connectivity index is 2.74. The van der Waals surface area contributed by atoms with Gasteiger partial charge in [0.15, 0.2) is 0 Å². The van der Waals surface area contributed by atoms with E-state index in [1.54, 1.807) is 35.8 Å². The predicted molar refractivity (Wildman–Crippen MR) is 69.8 cm³/mol. The molecule has 1 aromatic heterocycles. The third kappa shape index (κ3) is 2.33. The first-order valence-electron chi connectivity index (χ1n) is 5.85. The number of nitriles is 1. The lowest BCUT2D eigenvalue weighted by molar-refractivity contribution is 0.0524. The second kappa shape index (κ2) is 5.36. The molecule has 0 fully saturated rings. The molecule has 0 aliphatic rings. The molecule has 0 saturated heterocycles. The smallest absolute Gasteiger partial charge is 0.343 e. The van der Waals surface area contributed by atoms with Crippen LogP contribution in [0.1, 0.15) is 17.3 Å². The van der Waals surface area contributed by atoms with Crippen molar-refractivity contribution in [3.63, 3.8) is 0 Å². The molecule has 96 valence electrons. The van der Waals surface area contributed by atoms with E-state index in [9.17, 15) is 9.59 Å². The number of carbonyl (C=O) groups is 1. The molecule has 0 bridgehead atoms. The van der Waals surface area contributed by atoms with E-state index in [4.69, 9.17) is 10.00 Å². The highest BCUT2D eigenvalue weighted by molar-refractivity contribution is 5.93. The van der Waals surface area contributed by atoms with E-state index in [1.807, 2.05) is 6.07 Å².